The van der Waals surface area contributed by atoms with E-state index in [0.29, 0.717) is 11.4 Å². The van der Waals surface area contributed by atoms with Crippen molar-refractivity contribution < 1.29 is 83.7 Å². The molecule has 232 valence electrons. The van der Waals surface area contributed by atoms with Gasteiger partial charge in [-0.3, -0.25) is 19.0 Å². The van der Waals surface area contributed by atoms with Gasteiger partial charge in [-0.25, -0.2) is 14.4 Å². The maximum absolute atomic E-state index is 11.3. The normalized spacial score (nSPS) is 9.98. The number of nitrogens with two attached hydrogens (primary N) is 1. The number of rotatable bonds is 10. The molecule has 0 bridgehead atoms. The Morgan fingerprint density at radius 2 is 1.07 bits per heavy atom. The summed E-state index contributed by atoms with van der Waals surface area (Å²) in [5.41, 5.74) is 5.48. The Bertz CT molecular complexity index is 1220. The first-order valence-corrected chi connectivity index (χ1v) is 14.4. The largest absolute Gasteiger partial charge is 1.00 e. The minimum atomic E-state index is -3.70. The van der Waals surface area contributed by atoms with Crippen molar-refractivity contribution in [3.63, 3.8) is 0 Å². The fraction of sp³-hybridized carbons (Fsp3) is 0.348. The summed E-state index contributed by atoms with van der Waals surface area (Å²) in [6.45, 7) is 3.71. The monoisotopic (exact) mass is 668 g/mol. The molecule has 43 heavy (non-hydrogen) atoms. The summed E-state index contributed by atoms with van der Waals surface area (Å²) in [5.74, 6) is 0. The zero-order valence-corrected chi connectivity index (χ0v) is 29.5. The Balaban J connectivity index is -0.000000590. The molecule has 5 N–H and O–H groups in total. The van der Waals surface area contributed by atoms with Crippen molar-refractivity contribution in [2.45, 2.75) is 23.6 Å². The van der Waals surface area contributed by atoms with E-state index in [4.69, 9.17) is 0 Å². The number of ether oxygens (including phenoxy) is 2. The number of amides is 4. The number of carbonyl (C=O) groups excluding carboxylic acids is 3. The van der Waals surface area contributed by atoms with Gasteiger partial charge in [0.05, 0.1) is 37.2 Å². The number of urea groups is 1. The van der Waals surface area contributed by atoms with Gasteiger partial charge in [-0.1, -0.05) is 0 Å². The van der Waals surface area contributed by atoms with Crippen molar-refractivity contribution in [1.82, 2.24) is 5.32 Å². The van der Waals surface area contributed by atoms with Gasteiger partial charge in [-0.2, -0.15) is 16.8 Å². The van der Waals surface area contributed by atoms with Crippen LogP contribution in [-0.4, -0.2) is 98.7 Å². The van der Waals surface area contributed by atoms with Gasteiger partial charge in [-0.15, -0.1) is 6.61 Å². The second-order valence-corrected chi connectivity index (χ2v) is 10.4. The number of hydrogen-bond donors (Lipinski definition) is 4. The standard InChI is InChI=1S/2C10H13NO5S.C3H7N2O2.Mg.Na/c2*1-3-16-10(12)11-8-4-6-9(7-5-8)17(13,14)15-2;4-3(7)5-1-2-6;;/h2*4-7H,3H2,1-2H3,(H,11,12);1-2H2,(H3,4,5,7);;/q;;-1;;+1. The van der Waals surface area contributed by atoms with E-state index in [0.717, 1.165) is 14.2 Å². The predicted molar refractivity (Wildman–Crippen MR) is 151 cm³/mol. The van der Waals surface area contributed by atoms with E-state index in [1.165, 1.54) is 48.5 Å². The molecule has 0 heterocycles. The Morgan fingerprint density at radius 3 is 1.28 bits per heavy atom. The van der Waals surface area contributed by atoms with Crippen molar-refractivity contribution in [3.05, 3.63) is 48.5 Å². The van der Waals surface area contributed by atoms with E-state index in [9.17, 15) is 36.3 Å². The Labute approximate surface area is 289 Å². The smallest absolute Gasteiger partial charge is 0.853 e. The van der Waals surface area contributed by atoms with Gasteiger partial charge in [0.2, 0.25) is 0 Å². The molecule has 0 aliphatic rings. The summed E-state index contributed by atoms with van der Waals surface area (Å²) < 4.78 is 63.2. The Morgan fingerprint density at radius 1 is 0.744 bits per heavy atom. The second kappa shape index (κ2) is 24.2. The zero-order chi connectivity index (χ0) is 31.5. The van der Waals surface area contributed by atoms with E-state index in [-0.39, 0.29) is 88.8 Å². The van der Waals surface area contributed by atoms with Gasteiger partial charge in [0.1, 0.15) is 0 Å². The van der Waals surface area contributed by atoms with Crippen molar-refractivity contribution in [3.8, 4) is 0 Å². The average Bonchev–Trinajstić information content (AvgIpc) is 2.93. The molecule has 2 aromatic rings. The van der Waals surface area contributed by atoms with Crippen LogP contribution in [0.15, 0.2) is 58.3 Å². The molecular weight excluding hydrogens is 636 g/mol. The van der Waals surface area contributed by atoms with E-state index < -0.39 is 38.5 Å². The van der Waals surface area contributed by atoms with Crippen molar-refractivity contribution in [1.29, 1.82) is 0 Å². The van der Waals surface area contributed by atoms with Gasteiger partial charge < -0.3 is 25.6 Å². The van der Waals surface area contributed by atoms with Gasteiger partial charge in [0, 0.05) is 41.0 Å². The summed E-state index contributed by atoms with van der Waals surface area (Å²) in [4.78, 5) is 31.9. The van der Waals surface area contributed by atoms with Crippen molar-refractivity contribution in [2.24, 2.45) is 5.73 Å². The molecule has 0 atom stereocenters. The molecule has 0 saturated heterocycles. The van der Waals surface area contributed by atoms with E-state index >= 15 is 0 Å². The molecule has 0 spiro atoms. The van der Waals surface area contributed by atoms with Crippen LogP contribution in [0, 0.1) is 0 Å². The molecular formula is C23H33MgN4NaO12S2. The molecule has 4 amide bonds. The number of nitrogens with one attached hydrogen (secondary N) is 3. The molecule has 0 fully saturated rings. The fourth-order valence-electron chi connectivity index (χ4n) is 2.35. The Kier molecular flexibility index (Phi) is 25.4. The second-order valence-electron chi connectivity index (χ2n) is 6.98. The molecule has 0 aromatic heterocycles. The van der Waals surface area contributed by atoms with Gasteiger partial charge in [-0.05, 0) is 62.4 Å². The predicted octanol–water partition coefficient (Wildman–Crippen LogP) is -2.18. The molecule has 2 rings (SSSR count). The van der Waals surface area contributed by atoms with Crippen molar-refractivity contribution in [2.75, 3.05) is 51.2 Å². The van der Waals surface area contributed by atoms with Crippen LogP contribution in [0.1, 0.15) is 13.8 Å². The molecule has 16 nitrogen and oxygen atoms in total. The summed E-state index contributed by atoms with van der Waals surface area (Å²) in [6, 6.07) is 10.5. The maximum Gasteiger partial charge on any atom is 1.00 e. The first-order chi connectivity index (χ1) is 19.3. The van der Waals surface area contributed by atoms with Gasteiger partial charge >= 0.3 is 47.8 Å². The molecule has 0 unspecified atom stereocenters. The quantitative estimate of drug-likeness (QED) is 0.156. The van der Waals surface area contributed by atoms with Crippen LogP contribution in [0.3, 0.4) is 0 Å². The zero-order valence-electron chi connectivity index (χ0n) is 24.4. The average molecular weight is 669 g/mol. The number of carbonyl (C=O) groups is 3. The molecule has 0 aliphatic heterocycles. The van der Waals surface area contributed by atoms with Crippen LogP contribution >= 0.6 is 0 Å². The van der Waals surface area contributed by atoms with E-state index in [1.807, 2.05) is 0 Å². The maximum atomic E-state index is 11.3. The van der Waals surface area contributed by atoms with Crippen LogP contribution in [0.2, 0.25) is 0 Å². The van der Waals surface area contributed by atoms with E-state index in [2.05, 4.69) is 39.5 Å². The van der Waals surface area contributed by atoms with Crippen LogP contribution in [0.25, 0.3) is 0 Å². The first-order valence-electron chi connectivity index (χ1n) is 11.6. The summed E-state index contributed by atoms with van der Waals surface area (Å²) in [6.07, 6.45) is -1.18. The minimum Gasteiger partial charge on any atom is -0.853 e. The first kappa shape index (κ1) is 45.2. The van der Waals surface area contributed by atoms with E-state index in [1.54, 1.807) is 13.8 Å². The van der Waals surface area contributed by atoms with Crippen LogP contribution in [0.4, 0.5) is 25.8 Å². The summed E-state index contributed by atoms with van der Waals surface area (Å²) >= 11 is 0. The van der Waals surface area contributed by atoms with Crippen molar-refractivity contribution >= 4 is 72.9 Å². The molecule has 2 radical (unpaired) electrons. The third kappa shape index (κ3) is 19.6. The molecule has 20 heteroatoms. The van der Waals surface area contributed by atoms with Gasteiger partial charge in [0.15, 0.2) is 0 Å². The van der Waals surface area contributed by atoms with Crippen LogP contribution in [-0.2, 0) is 38.1 Å². The molecule has 2 aromatic carbocycles. The van der Waals surface area contributed by atoms with Crippen LogP contribution in [0.5, 0.6) is 0 Å². The number of primary amides is 1. The SMILES string of the molecule is CCOC(=O)Nc1ccc(S(=O)(=O)OC)cc1.CCOC(=O)Nc1ccc(S(=O)(=O)OC)cc1.NC(=O)NCC[O-].[Mg].[Na+]. The molecule has 0 aliphatic carbocycles. The summed E-state index contributed by atoms with van der Waals surface area (Å²) in [7, 11) is -5.23. The third-order valence-electron chi connectivity index (χ3n) is 4.17. The summed E-state index contributed by atoms with van der Waals surface area (Å²) in [5, 5.41) is 16.6. The molecule has 0 saturated carbocycles. The number of hydrogen-bond acceptors (Lipinski definition) is 12. The van der Waals surface area contributed by atoms with Crippen LogP contribution < -0.4 is 56.3 Å². The number of benzene rings is 2. The minimum absolute atomic E-state index is 0. The Hall–Kier alpha value is -2.20. The topological polar surface area (TPSA) is 242 Å². The van der Waals surface area contributed by atoms with Gasteiger partial charge in [0.25, 0.3) is 20.2 Å². The third-order valence-corrected chi connectivity index (χ3v) is 6.75. The fourth-order valence-corrected chi connectivity index (χ4v) is 3.67. The number of anilines is 2.